The Bertz CT molecular complexity index is 2740. The van der Waals surface area contributed by atoms with Gasteiger partial charge >= 0.3 is 0 Å². The van der Waals surface area contributed by atoms with E-state index in [0.717, 1.165) is 88.7 Å². The average molecular weight is 821 g/mol. The van der Waals surface area contributed by atoms with Crippen LogP contribution in [0.25, 0.3) is 83.0 Å². The molecule has 4 heterocycles. The maximum atomic E-state index is 6.66. The van der Waals surface area contributed by atoms with E-state index in [1.807, 2.05) is 84.9 Å². The van der Waals surface area contributed by atoms with Gasteiger partial charge in [0.05, 0.1) is 33.7 Å². The number of furan rings is 1. The standard InChI is InChI=1S/C33H20N3O.C11H8N.Ir/c1-20-30-29(26-14-7-8-17-28(26)34-20)35-33(36(30)22-11-3-2-4-12-22)27-16-9-15-24-25-19-18-21-10-5-6-13-23(21)31(25)37-32(24)27;1-2-6-10(7-3-1)11-8-4-5-9-12-11;/h2-15,17-19H,1H3;1-6,8-9H;/q2*-1;. The van der Waals surface area contributed by atoms with E-state index in [1.54, 1.807) is 6.20 Å². The van der Waals surface area contributed by atoms with E-state index in [-0.39, 0.29) is 20.1 Å². The van der Waals surface area contributed by atoms with Crippen LogP contribution in [0.2, 0.25) is 0 Å². The van der Waals surface area contributed by atoms with Crippen LogP contribution in [0.1, 0.15) is 5.69 Å². The third-order valence-electron chi connectivity index (χ3n) is 8.88. The monoisotopic (exact) mass is 821 g/mol. The number of hydrogen-bond acceptors (Lipinski definition) is 4. The molecule has 0 fully saturated rings. The molecule has 0 N–H and O–H groups in total. The van der Waals surface area contributed by atoms with Gasteiger partial charge in [-0.05, 0) is 42.3 Å². The van der Waals surface area contributed by atoms with Crippen molar-refractivity contribution in [2.45, 2.75) is 6.92 Å². The minimum Gasteiger partial charge on any atom is -0.500 e. The van der Waals surface area contributed by atoms with Gasteiger partial charge in [0.25, 0.3) is 0 Å². The van der Waals surface area contributed by atoms with Crippen LogP contribution >= 0.6 is 0 Å². The van der Waals surface area contributed by atoms with Crippen molar-refractivity contribution in [1.82, 2.24) is 19.5 Å². The summed E-state index contributed by atoms with van der Waals surface area (Å²) >= 11 is 0. The number of rotatable bonds is 3. The number of pyridine rings is 2. The molecule has 5 nitrogen and oxygen atoms in total. The third-order valence-corrected chi connectivity index (χ3v) is 8.88. The van der Waals surface area contributed by atoms with Crippen molar-refractivity contribution >= 4 is 54.6 Å². The molecule has 0 saturated carbocycles. The molecule has 50 heavy (non-hydrogen) atoms. The second-order valence-electron chi connectivity index (χ2n) is 11.9. The zero-order valence-corrected chi connectivity index (χ0v) is 29.4. The Morgan fingerprint density at radius 3 is 2.18 bits per heavy atom. The van der Waals surface area contributed by atoms with Crippen LogP contribution in [0.15, 0.2) is 156 Å². The summed E-state index contributed by atoms with van der Waals surface area (Å²) in [6.45, 7) is 2.05. The quantitative estimate of drug-likeness (QED) is 0.167. The van der Waals surface area contributed by atoms with Crippen molar-refractivity contribution in [3.8, 4) is 28.3 Å². The number of aromatic nitrogens is 4. The molecule has 4 aromatic heterocycles. The van der Waals surface area contributed by atoms with Gasteiger partial charge in [-0.3, -0.25) is 9.97 Å². The summed E-state index contributed by atoms with van der Waals surface area (Å²) < 4.78 is 8.85. The van der Waals surface area contributed by atoms with Crippen LogP contribution < -0.4 is 0 Å². The van der Waals surface area contributed by atoms with E-state index in [9.17, 15) is 0 Å². The van der Waals surface area contributed by atoms with Gasteiger partial charge in [0.1, 0.15) is 5.58 Å². The molecule has 0 unspecified atom stereocenters. The number of benzene rings is 6. The molecule has 6 heteroatoms. The SMILES string of the molecule is Cc1nc2ccccc2c2nc(-c3[c-]ccc4c3oc3c5ccccc5ccc43)n(-c3ccccc3)c12.[Ir].[c-]1ccccc1-c1ccccn1. The van der Waals surface area contributed by atoms with E-state index in [0.29, 0.717) is 0 Å². The minimum atomic E-state index is 0. The van der Waals surface area contributed by atoms with E-state index in [1.165, 1.54) is 0 Å². The minimum absolute atomic E-state index is 0. The summed E-state index contributed by atoms with van der Waals surface area (Å²) in [7, 11) is 0. The second-order valence-corrected chi connectivity index (χ2v) is 11.9. The Morgan fingerprint density at radius 1 is 0.600 bits per heavy atom. The van der Waals surface area contributed by atoms with Crippen molar-refractivity contribution in [3.05, 3.63) is 170 Å². The van der Waals surface area contributed by atoms with Crippen LogP contribution in [0, 0.1) is 19.1 Å². The molecule has 0 atom stereocenters. The van der Waals surface area contributed by atoms with E-state index in [4.69, 9.17) is 14.4 Å². The molecule has 0 amide bonds. The number of nitrogens with zero attached hydrogens (tertiary/aromatic N) is 4. The van der Waals surface area contributed by atoms with Gasteiger partial charge in [0.2, 0.25) is 0 Å². The van der Waals surface area contributed by atoms with E-state index < -0.39 is 0 Å². The molecular formula is C44H28IrN4O-2. The van der Waals surface area contributed by atoms with Crippen LogP contribution in [-0.2, 0) is 20.1 Å². The fourth-order valence-corrected chi connectivity index (χ4v) is 6.65. The Hall–Kier alpha value is -5.94. The summed E-state index contributed by atoms with van der Waals surface area (Å²) in [5.74, 6) is 0.788. The molecule has 0 aliphatic heterocycles. The van der Waals surface area contributed by atoms with Crippen molar-refractivity contribution in [2.24, 2.45) is 0 Å². The third kappa shape index (κ3) is 5.36. The molecule has 0 saturated heterocycles. The Balaban J connectivity index is 0.000000236. The largest absolute Gasteiger partial charge is 0.500 e. The van der Waals surface area contributed by atoms with Crippen LogP contribution in [0.3, 0.4) is 0 Å². The second kappa shape index (κ2) is 13.2. The van der Waals surface area contributed by atoms with Gasteiger partial charge in [0, 0.05) is 48.1 Å². The maximum absolute atomic E-state index is 6.66. The van der Waals surface area contributed by atoms with E-state index >= 15 is 0 Å². The Kier molecular flexibility index (Phi) is 8.25. The van der Waals surface area contributed by atoms with Crippen molar-refractivity contribution < 1.29 is 24.5 Å². The molecule has 6 aromatic carbocycles. The zero-order valence-electron chi connectivity index (χ0n) is 27.0. The first-order chi connectivity index (χ1) is 24.2. The topological polar surface area (TPSA) is 56.7 Å². The molecule has 241 valence electrons. The molecular weight excluding hydrogens is 793 g/mol. The zero-order chi connectivity index (χ0) is 32.7. The number of fused-ring (bicyclic) bond motifs is 8. The van der Waals surface area contributed by atoms with Gasteiger partial charge in [-0.15, -0.1) is 54.1 Å². The first-order valence-electron chi connectivity index (χ1n) is 16.2. The first kappa shape index (κ1) is 31.3. The molecule has 0 aliphatic carbocycles. The molecule has 10 rings (SSSR count). The predicted molar refractivity (Wildman–Crippen MR) is 199 cm³/mol. The van der Waals surface area contributed by atoms with Gasteiger partial charge in [-0.2, -0.15) is 0 Å². The van der Waals surface area contributed by atoms with Crippen molar-refractivity contribution in [3.63, 3.8) is 0 Å². The summed E-state index contributed by atoms with van der Waals surface area (Å²) in [6, 6.07) is 55.5. The van der Waals surface area contributed by atoms with Crippen LogP contribution in [-0.4, -0.2) is 19.5 Å². The maximum Gasteiger partial charge on any atom is 0.128 e. The Labute approximate surface area is 302 Å². The summed E-state index contributed by atoms with van der Waals surface area (Å²) in [5, 5.41) is 5.44. The van der Waals surface area contributed by atoms with Crippen LogP contribution in [0.4, 0.5) is 0 Å². The Morgan fingerprint density at radius 2 is 1.36 bits per heavy atom. The van der Waals surface area contributed by atoms with Gasteiger partial charge in [-0.1, -0.05) is 95.9 Å². The molecule has 1 radical (unpaired) electrons. The number of imidazole rings is 1. The fourth-order valence-electron chi connectivity index (χ4n) is 6.65. The van der Waals surface area contributed by atoms with Gasteiger partial charge in [0.15, 0.2) is 0 Å². The molecule has 0 bridgehead atoms. The van der Waals surface area contributed by atoms with Crippen molar-refractivity contribution in [1.29, 1.82) is 0 Å². The number of para-hydroxylation sites is 2. The summed E-state index contributed by atoms with van der Waals surface area (Å²) in [6.07, 6.45) is 1.79. The van der Waals surface area contributed by atoms with E-state index in [2.05, 4.69) is 89.3 Å². The van der Waals surface area contributed by atoms with Gasteiger partial charge < -0.3 is 14.0 Å². The predicted octanol–water partition coefficient (Wildman–Crippen LogP) is 10.9. The molecule has 0 aliphatic rings. The normalized spacial score (nSPS) is 11.1. The van der Waals surface area contributed by atoms with Gasteiger partial charge in [-0.25, -0.2) is 0 Å². The van der Waals surface area contributed by atoms with Crippen molar-refractivity contribution in [2.75, 3.05) is 0 Å². The first-order valence-corrected chi connectivity index (χ1v) is 16.2. The number of hydrogen-bond donors (Lipinski definition) is 0. The van der Waals surface area contributed by atoms with Crippen LogP contribution in [0.5, 0.6) is 0 Å². The number of aryl methyl sites for hydroxylation is 1. The summed E-state index contributed by atoms with van der Waals surface area (Å²) in [5.41, 5.74) is 9.33. The molecule has 0 spiro atoms. The fraction of sp³-hybridized carbons (Fsp3) is 0.0227. The molecule has 10 aromatic rings. The summed E-state index contributed by atoms with van der Waals surface area (Å²) in [4.78, 5) is 14.4. The average Bonchev–Trinajstić information content (AvgIpc) is 3.77. The smallest absolute Gasteiger partial charge is 0.128 e.